The van der Waals surface area contributed by atoms with Crippen molar-refractivity contribution >= 4 is 19.4 Å². The van der Waals surface area contributed by atoms with Crippen LogP contribution in [0.15, 0.2) is 47.4 Å². The van der Waals surface area contributed by atoms with E-state index in [9.17, 15) is 13.3 Å². The number of hydrogen-bond acceptors (Lipinski definition) is 4. The highest BCUT2D eigenvalue weighted by molar-refractivity contribution is 8.00. The smallest absolute Gasteiger partial charge is 0.309 e. The highest BCUT2D eigenvalue weighted by Gasteiger charge is 2.46. The summed E-state index contributed by atoms with van der Waals surface area (Å²) in [5.41, 5.74) is 1.30. The van der Waals surface area contributed by atoms with Gasteiger partial charge in [-0.25, -0.2) is 8.78 Å². The molecule has 7 heteroatoms. The first-order valence-electron chi connectivity index (χ1n) is 9.48. The number of rotatable bonds is 8. The van der Waals surface area contributed by atoms with Crippen LogP contribution in [-0.4, -0.2) is 24.1 Å². The Morgan fingerprint density at radius 3 is 2.36 bits per heavy atom. The first-order valence-corrected chi connectivity index (χ1v) is 12.0. The fourth-order valence-corrected chi connectivity index (χ4v) is 8.01. The molecule has 152 valence electrons. The minimum atomic E-state index is -3.47. The fourth-order valence-electron chi connectivity index (χ4n) is 3.71. The van der Waals surface area contributed by atoms with Crippen LogP contribution in [0.25, 0.3) is 0 Å². The van der Waals surface area contributed by atoms with Crippen LogP contribution >= 0.6 is 19.4 Å². The van der Waals surface area contributed by atoms with E-state index in [1.807, 2.05) is 12.1 Å². The van der Waals surface area contributed by atoms with Crippen LogP contribution in [0.4, 0.5) is 8.78 Å². The zero-order valence-corrected chi connectivity index (χ0v) is 17.9. The van der Waals surface area contributed by atoms with Gasteiger partial charge in [-0.2, -0.15) is 0 Å². The second-order valence-electron chi connectivity index (χ2n) is 6.80. The van der Waals surface area contributed by atoms with Crippen LogP contribution in [0.1, 0.15) is 37.8 Å². The van der Waals surface area contributed by atoms with Crippen LogP contribution in [-0.2, 0) is 20.0 Å². The summed E-state index contributed by atoms with van der Waals surface area (Å²) in [5, 5.41) is -0.0607. The SMILES string of the molecule is CCOP(=O)(OCC)C(Cc1ccc(F)c(F)c1)C1Sc2ccccc2C1C. The molecule has 28 heavy (non-hydrogen) atoms. The Balaban J connectivity index is 1.99. The Morgan fingerprint density at radius 1 is 1.07 bits per heavy atom. The maximum atomic E-state index is 13.8. The molecule has 0 aromatic heterocycles. The fraction of sp³-hybridized carbons (Fsp3) is 0.429. The summed E-state index contributed by atoms with van der Waals surface area (Å²) in [4.78, 5) is 1.15. The molecule has 0 spiro atoms. The molecule has 0 N–H and O–H groups in total. The Kier molecular flexibility index (Phi) is 6.98. The van der Waals surface area contributed by atoms with Gasteiger partial charge < -0.3 is 9.05 Å². The van der Waals surface area contributed by atoms with E-state index < -0.39 is 24.9 Å². The van der Waals surface area contributed by atoms with E-state index in [0.29, 0.717) is 5.56 Å². The number of halogens is 2. The Labute approximate surface area is 169 Å². The Bertz CT molecular complexity index is 866. The van der Waals surface area contributed by atoms with Crippen molar-refractivity contribution < 1.29 is 22.4 Å². The van der Waals surface area contributed by atoms with Crippen molar-refractivity contribution in [1.82, 2.24) is 0 Å². The zero-order chi connectivity index (χ0) is 20.3. The Hall–Kier alpha value is -1.20. The quantitative estimate of drug-likeness (QED) is 0.456. The van der Waals surface area contributed by atoms with E-state index in [0.717, 1.165) is 11.0 Å². The molecule has 2 aromatic rings. The van der Waals surface area contributed by atoms with Crippen LogP contribution in [0, 0.1) is 11.6 Å². The predicted molar refractivity (Wildman–Crippen MR) is 109 cm³/mol. The molecule has 0 saturated heterocycles. The average molecular weight is 426 g/mol. The van der Waals surface area contributed by atoms with Crippen molar-refractivity contribution in [2.45, 2.75) is 48.9 Å². The number of benzene rings is 2. The van der Waals surface area contributed by atoms with E-state index in [4.69, 9.17) is 9.05 Å². The van der Waals surface area contributed by atoms with Gasteiger partial charge in [-0.3, -0.25) is 4.57 Å². The van der Waals surface area contributed by atoms with Crippen molar-refractivity contribution in [1.29, 1.82) is 0 Å². The summed E-state index contributed by atoms with van der Waals surface area (Å²) in [6.07, 6.45) is 0.282. The molecule has 1 heterocycles. The molecule has 0 bridgehead atoms. The number of hydrogen-bond donors (Lipinski definition) is 0. The predicted octanol–water partition coefficient (Wildman–Crippen LogP) is 6.42. The van der Waals surface area contributed by atoms with Gasteiger partial charge in [0.2, 0.25) is 0 Å². The zero-order valence-electron chi connectivity index (χ0n) is 16.2. The highest BCUT2D eigenvalue weighted by Crippen LogP contribution is 2.61. The molecule has 2 aromatic carbocycles. The van der Waals surface area contributed by atoms with E-state index >= 15 is 0 Å². The third-order valence-corrected chi connectivity index (χ3v) is 9.39. The molecule has 0 amide bonds. The van der Waals surface area contributed by atoms with Crippen molar-refractivity contribution in [2.75, 3.05) is 13.2 Å². The largest absolute Gasteiger partial charge is 0.335 e. The van der Waals surface area contributed by atoms with Crippen LogP contribution in [0.2, 0.25) is 0 Å². The first-order chi connectivity index (χ1) is 13.4. The van der Waals surface area contributed by atoms with E-state index in [-0.39, 0.29) is 30.8 Å². The van der Waals surface area contributed by atoms with E-state index in [1.165, 1.54) is 17.7 Å². The van der Waals surface area contributed by atoms with Gasteiger partial charge >= 0.3 is 7.60 Å². The average Bonchev–Trinajstić information content (AvgIpc) is 2.99. The lowest BCUT2D eigenvalue weighted by molar-refractivity contribution is 0.210. The molecule has 3 atom stereocenters. The van der Waals surface area contributed by atoms with Gasteiger partial charge in [-0.1, -0.05) is 31.2 Å². The van der Waals surface area contributed by atoms with Crippen molar-refractivity contribution in [3.8, 4) is 0 Å². The summed E-state index contributed by atoms with van der Waals surface area (Å²) >= 11 is 1.66. The summed E-state index contributed by atoms with van der Waals surface area (Å²) in [6, 6.07) is 11.9. The molecular weight excluding hydrogens is 401 g/mol. The molecule has 3 unspecified atom stereocenters. The van der Waals surface area contributed by atoms with Gasteiger partial charge in [0, 0.05) is 10.1 Å². The minimum absolute atomic E-state index is 0.0607. The van der Waals surface area contributed by atoms with E-state index in [2.05, 4.69) is 19.1 Å². The number of thioether (sulfide) groups is 1. The van der Waals surface area contributed by atoms with Crippen molar-refractivity contribution in [3.05, 3.63) is 65.2 Å². The molecule has 0 saturated carbocycles. The van der Waals surface area contributed by atoms with Crippen molar-refractivity contribution in [2.24, 2.45) is 0 Å². The van der Waals surface area contributed by atoms with Crippen LogP contribution in [0.3, 0.4) is 0 Å². The lowest BCUT2D eigenvalue weighted by atomic mass is 9.94. The molecule has 1 aliphatic rings. The summed E-state index contributed by atoms with van der Waals surface area (Å²) < 4.78 is 52.2. The van der Waals surface area contributed by atoms with Gasteiger partial charge in [-0.05, 0) is 55.5 Å². The van der Waals surface area contributed by atoms with Gasteiger partial charge in [0.15, 0.2) is 11.6 Å². The molecular formula is C21H25F2O3PS. The topological polar surface area (TPSA) is 35.5 Å². The standard InChI is InChI=1S/C21H25F2O3PS/c1-4-25-27(24,26-5-2)19(13-15-10-11-17(22)18(23)12-15)21-14(3)16-8-6-7-9-20(16)28-21/h6-12,14,19,21H,4-5,13H2,1-3H3. The molecule has 3 rings (SSSR count). The molecule has 3 nitrogen and oxygen atoms in total. The lowest BCUT2D eigenvalue weighted by Gasteiger charge is -2.32. The van der Waals surface area contributed by atoms with E-state index in [1.54, 1.807) is 25.6 Å². The Morgan fingerprint density at radius 2 is 1.75 bits per heavy atom. The monoisotopic (exact) mass is 426 g/mol. The molecule has 1 aliphatic heterocycles. The maximum absolute atomic E-state index is 13.8. The third kappa shape index (κ3) is 4.35. The van der Waals surface area contributed by atoms with Crippen LogP contribution in [0.5, 0.6) is 0 Å². The second kappa shape index (κ2) is 9.08. The summed E-state index contributed by atoms with van der Waals surface area (Å²) in [7, 11) is -3.47. The van der Waals surface area contributed by atoms with Gasteiger partial charge in [-0.15, -0.1) is 11.8 Å². The van der Waals surface area contributed by atoms with Crippen molar-refractivity contribution in [3.63, 3.8) is 0 Å². The molecule has 0 fully saturated rings. The second-order valence-corrected chi connectivity index (χ2v) is 10.3. The van der Waals surface area contributed by atoms with Gasteiger partial charge in [0.25, 0.3) is 0 Å². The molecule has 0 radical (unpaired) electrons. The molecule has 0 aliphatic carbocycles. The van der Waals surface area contributed by atoms with Gasteiger partial charge in [0.05, 0.1) is 18.9 Å². The highest BCUT2D eigenvalue weighted by atomic mass is 32.2. The maximum Gasteiger partial charge on any atom is 0.335 e. The van der Waals surface area contributed by atoms with Crippen LogP contribution < -0.4 is 0 Å². The lowest BCUT2D eigenvalue weighted by Crippen LogP contribution is -2.30. The van der Waals surface area contributed by atoms with Gasteiger partial charge in [0.1, 0.15) is 0 Å². The number of fused-ring (bicyclic) bond motifs is 1. The summed E-state index contributed by atoms with van der Waals surface area (Å²) in [6.45, 7) is 6.17. The third-order valence-electron chi connectivity index (χ3n) is 5.00. The minimum Gasteiger partial charge on any atom is -0.309 e. The normalized spacial score (nSPS) is 20.2. The summed E-state index contributed by atoms with van der Waals surface area (Å²) in [5.74, 6) is -1.67. The first kappa shape index (κ1) is 21.5.